The first-order chi connectivity index (χ1) is 14.9. The average molecular weight is 418 g/mol. The fraction of sp³-hybridized carbons (Fsp3) is 0.120. The molecule has 1 atom stereocenters. The van der Waals surface area contributed by atoms with Crippen molar-refractivity contribution in [2.45, 2.75) is 13.0 Å². The van der Waals surface area contributed by atoms with Crippen LogP contribution in [0.1, 0.15) is 34.5 Å². The molecule has 0 heterocycles. The van der Waals surface area contributed by atoms with E-state index in [9.17, 15) is 19.8 Å². The number of ketones is 1. The topological polar surface area (TPSA) is 93.1 Å². The zero-order chi connectivity index (χ0) is 22.5. The number of methoxy groups -OCH3 is 1. The highest BCUT2D eigenvalue weighted by atomic mass is 16.5. The van der Waals surface area contributed by atoms with Crippen molar-refractivity contribution in [3.05, 3.63) is 90.0 Å². The maximum absolute atomic E-state index is 13.0. The van der Waals surface area contributed by atoms with Gasteiger partial charge in [-0.1, -0.05) is 43.0 Å². The van der Waals surface area contributed by atoms with Crippen LogP contribution in [0.2, 0.25) is 0 Å². The molecule has 158 valence electrons. The van der Waals surface area contributed by atoms with Crippen molar-refractivity contribution >= 4 is 11.8 Å². The SMILES string of the molecule is C=CC(=O)OC(C)c1ccccc1-c1cc(C(=O)c2ccccc2O)c(O)cc1OC. The fourth-order valence-corrected chi connectivity index (χ4v) is 3.32. The van der Waals surface area contributed by atoms with E-state index >= 15 is 0 Å². The highest BCUT2D eigenvalue weighted by Crippen LogP contribution is 2.40. The molecular weight excluding hydrogens is 396 g/mol. The van der Waals surface area contributed by atoms with Crippen LogP contribution in [0.5, 0.6) is 17.2 Å². The van der Waals surface area contributed by atoms with Gasteiger partial charge in [0.25, 0.3) is 0 Å². The minimum atomic E-state index is -0.600. The summed E-state index contributed by atoms with van der Waals surface area (Å²) in [5, 5.41) is 20.5. The molecule has 0 fully saturated rings. The molecular formula is C25H22O6. The van der Waals surface area contributed by atoms with Gasteiger partial charge in [-0.15, -0.1) is 0 Å². The summed E-state index contributed by atoms with van der Waals surface area (Å²) in [6, 6.07) is 16.2. The van der Waals surface area contributed by atoms with E-state index in [4.69, 9.17) is 9.47 Å². The molecule has 6 nitrogen and oxygen atoms in total. The van der Waals surface area contributed by atoms with Crippen LogP contribution >= 0.6 is 0 Å². The molecule has 0 saturated heterocycles. The van der Waals surface area contributed by atoms with Gasteiger partial charge in [-0.2, -0.15) is 0 Å². The number of aromatic hydroxyl groups is 2. The number of phenolic OH excluding ortho intramolecular Hbond substituents is 2. The predicted molar refractivity (Wildman–Crippen MR) is 116 cm³/mol. The van der Waals surface area contributed by atoms with Crippen LogP contribution in [-0.4, -0.2) is 29.1 Å². The number of esters is 1. The highest BCUT2D eigenvalue weighted by Gasteiger charge is 2.23. The van der Waals surface area contributed by atoms with Crippen LogP contribution in [0.4, 0.5) is 0 Å². The molecule has 0 saturated carbocycles. The standard InChI is InChI=1S/C25H22O6/c1-4-24(28)31-15(2)16-9-5-6-10-17(16)19-13-20(22(27)14-23(19)30-3)25(29)18-11-7-8-12-21(18)26/h4-15,26-27H,1H2,2-3H3. The van der Waals surface area contributed by atoms with Crippen LogP contribution in [0, 0.1) is 0 Å². The van der Waals surface area contributed by atoms with E-state index in [2.05, 4.69) is 6.58 Å². The van der Waals surface area contributed by atoms with Crippen LogP contribution < -0.4 is 4.74 Å². The largest absolute Gasteiger partial charge is 0.507 e. The van der Waals surface area contributed by atoms with Gasteiger partial charge in [0.15, 0.2) is 5.78 Å². The summed E-state index contributed by atoms with van der Waals surface area (Å²) < 4.78 is 10.8. The fourth-order valence-electron chi connectivity index (χ4n) is 3.32. The van der Waals surface area contributed by atoms with Gasteiger partial charge in [-0.3, -0.25) is 4.79 Å². The molecule has 0 aliphatic rings. The molecule has 0 aromatic heterocycles. The van der Waals surface area contributed by atoms with Crippen molar-refractivity contribution in [1.82, 2.24) is 0 Å². The smallest absolute Gasteiger partial charge is 0.330 e. The Kier molecular flexibility index (Phi) is 6.40. The lowest BCUT2D eigenvalue weighted by Gasteiger charge is -2.19. The molecule has 2 N–H and O–H groups in total. The second kappa shape index (κ2) is 9.17. The number of ether oxygens (including phenoxy) is 2. The van der Waals surface area contributed by atoms with Crippen molar-refractivity contribution in [3.63, 3.8) is 0 Å². The normalized spacial score (nSPS) is 11.4. The first kappa shape index (κ1) is 21.6. The Morgan fingerprint density at radius 1 is 0.935 bits per heavy atom. The molecule has 0 bridgehead atoms. The summed E-state index contributed by atoms with van der Waals surface area (Å²) in [4.78, 5) is 24.7. The Bertz CT molecular complexity index is 1150. The van der Waals surface area contributed by atoms with Crippen LogP contribution in [0.3, 0.4) is 0 Å². The van der Waals surface area contributed by atoms with Crippen LogP contribution in [-0.2, 0) is 9.53 Å². The number of carbonyl (C=O) groups excluding carboxylic acids is 2. The van der Waals surface area contributed by atoms with E-state index in [0.29, 0.717) is 22.4 Å². The van der Waals surface area contributed by atoms with Crippen LogP contribution in [0.15, 0.2) is 73.3 Å². The van der Waals surface area contributed by atoms with Gasteiger partial charge >= 0.3 is 5.97 Å². The van der Waals surface area contributed by atoms with Gasteiger partial charge in [0.1, 0.15) is 23.4 Å². The molecule has 0 aliphatic carbocycles. The van der Waals surface area contributed by atoms with E-state index in [1.807, 2.05) is 0 Å². The molecule has 0 spiro atoms. The van der Waals surface area contributed by atoms with Gasteiger partial charge in [0, 0.05) is 23.3 Å². The first-order valence-corrected chi connectivity index (χ1v) is 9.53. The number of para-hydroxylation sites is 1. The Labute approximate surface area is 180 Å². The Hall–Kier alpha value is -4.06. The molecule has 3 aromatic rings. The number of benzene rings is 3. The Morgan fingerprint density at radius 2 is 1.61 bits per heavy atom. The maximum atomic E-state index is 13.0. The van der Waals surface area contributed by atoms with Crippen molar-refractivity contribution in [3.8, 4) is 28.4 Å². The van der Waals surface area contributed by atoms with E-state index < -0.39 is 17.9 Å². The molecule has 0 radical (unpaired) electrons. The number of carbonyl (C=O) groups is 2. The predicted octanol–water partition coefficient (Wildman–Crippen LogP) is 4.79. The average Bonchev–Trinajstić information content (AvgIpc) is 2.78. The molecule has 3 rings (SSSR count). The molecule has 31 heavy (non-hydrogen) atoms. The molecule has 0 amide bonds. The first-order valence-electron chi connectivity index (χ1n) is 9.53. The third-order valence-electron chi connectivity index (χ3n) is 4.86. The van der Waals surface area contributed by atoms with E-state index in [1.54, 1.807) is 43.3 Å². The number of rotatable bonds is 7. The zero-order valence-electron chi connectivity index (χ0n) is 17.2. The van der Waals surface area contributed by atoms with Gasteiger partial charge in [-0.25, -0.2) is 4.79 Å². The minimum absolute atomic E-state index is 0.00263. The summed E-state index contributed by atoms with van der Waals surface area (Å²) in [7, 11) is 1.45. The second-order valence-electron chi connectivity index (χ2n) is 6.79. The molecule has 6 heteroatoms. The van der Waals surface area contributed by atoms with Gasteiger partial charge in [0.2, 0.25) is 0 Å². The Morgan fingerprint density at radius 3 is 2.29 bits per heavy atom. The third-order valence-corrected chi connectivity index (χ3v) is 4.86. The van der Waals surface area contributed by atoms with Gasteiger partial charge < -0.3 is 19.7 Å². The molecule has 0 aliphatic heterocycles. The van der Waals surface area contributed by atoms with Crippen molar-refractivity contribution in [2.24, 2.45) is 0 Å². The maximum Gasteiger partial charge on any atom is 0.330 e. The summed E-state index contributed by atoms with van der Waals surface area (Å²) >= 11 is 0. The lowest BCUT2D eigenvalue weighted by atomic mass is 9.92. The van der Waals surface area contributed by atoms with Crippen molar-refractivity contribution in [1.29, 1.82) is 0 Å². The highest BCUT2D eigenvalue weighted by molar-refractivity contribution is 6.13. The lowest BCUT2D eigenvalue weighted by Crippen LogP contribution is -2.08. The third kappa shape index (κ3) is 4.43. The monoisotopic (exact) mass is 418 g/mol. The number of hydrogen-bond acceptors (Lipinski definition) is 6. The Balaban J connectivity index is 2.16. The summed E-state index contributed by atoms with van der Waals surface area (Å²) in [6.45, 7) is 5.14. The number of phenols is 2. The molecule has 3 aromatic carbocycles. The number of hydrogen-bond donors (Lipinski definition) is 2. The van der Waals surface area contributed by atoms with Crippen molar-refractivity contribution in [2.75, 3.05) is 7.11 Å². The lowest BCUT2D eigenvalue weighted by molar-refractivity contribution is -0.142. The summed E-state index contributed by atoms with van der Waals surface area (Å²) in [5.41, 5.74) is 1.94. The van der Waals surface area contributed by atoms with E-state index in [-0.39, 0.29) is 22.6 Å². The quantitative estimate of drug-likeness (QED) is 0.325. The van der Waals surface area contributed by atoms with E-state index in [0.717, 1.165) is 6.08 Å². The second-order valence-corrected chi connectivity index (χ2v) is 6.79. The van der Waals surface area contributed by atoms with Crippen LogP contribution in [0.25, 0.3) is 11.1 Å². The van der Waals surface area contributed by atoms with Gasteiger partial charge in [0.05, 0.1) is 18.2 Å². The molecule has 1 unspecified atom stereocenters. The zero-order valence-corrected chi connectivity index (χ0v) is 17.2. The summed E-state index contributed by atoms with van der Waals surface area (Å²) in [6.07, 6.45) is 0.487. The van der Waals surface area contributed by atoms with E-state index in [1.165, 1.54) is 31.4 Å². The van der Waals surface area contributed by atoms with Gasteiger partial charge in [-0.05, 0) is 30.7 Å². The van der Waals surface area contributed by atoms with Crippen molar-refractivity contribution < 1.29 is 29.3 Å². The summed E-state index contributed by atoms with van der Waals surface area (Å²) in [5.74, 6) is -1.23. The minimum Gasteiger partial charge on any atom is -0.507 e.